The molecular weight excluding hydrogens is 213 g/mol. The van der Waals surface area contributed by atoms with Gasteiger partial charge in [-0.25, -0.2) is 4.39 Å². The highest BCUT2D eigenvalue weighted by molar-refractivity contribution is 5.85. The predicted octanol–water partition coefficient (Wildman–Crippen LogP) is 3.52. The Morgan fingerprint density at radius 1 is 1.53 bits per heavy atom. The molecule has 0 radical (unpaired) electrons. The van der Waals surface area contributed by atoms with Crippen molar-refractivity contribution in [3.05, 3.63) is 47.3 Å². The Morgan fingerprint density at radius 2 is 2.13 bits per heavy atom. The summed E-state index contributed by atoms with van der Waals surface area (Å²) in [6, 6.07) is 4.91. The van der Waals surface area contributed by atoms with Crippen LogP contribution in [0.2, 0.25) is 0 Å². The summed E-state index contributed by atoms with van der Waals surface area (Å²) >= 11 is 0. The molecule has 15 heavy (non-hydrogen) atoms. The number of halogens is 2. The quantitative estimate of drug-likeness (QED) is 0.789. The molecule has 0 amide bonds. The summed E-state index contributed by atoms with van der Waals surface area (Å²) < 4.78 is 13.0. The lowest BCUT2D eigenvalue weighted by Gasteiger charge is -2.12. The van der Waals surface area contributed by atoms with Gasteiger partial charge in [-0.3, -0.25) is 0 Å². The Labute approximate surface area is 96.6 Å². The highest BCUT2D eigenvalue weighted by Crippen LogP contribution is 2.19. The topological polar surface area (TPSA) is 26.0 Å². The van der Waals surface area contributed by atoms with Crippen molar-refractivity contribution in [1.82, 2.24) is 0 Å². The Hall–Kier alpha value is -0.860. The van der Waals surface area contributed by atoms with Crippen LogP contribution in [-0.4, -0.2) is 0 Å². The average Bonchev–Trinajstić information content (AvgIpc) is 2.08. The van der Waals surface area contributed by atoms with E-state index in [0.29, 0.717) is 5.56 Å². The third-order valence-electron chi connectivity index (χ3n) is 2.18. The van der Waals surface area contributed by atoms with Crippen LogP contribution in [0.1, 0.15) is 30.5 Å². The van der Waals surface area contributed by atoms with E-state index >= 15 is 0 Å². The van der Waals surface area contributed by atoms with Gasteiger partial charge in [-0.05, 0) is 37.5 Å². The number of hydrogen-bond acceptors (Lipinski definition) is 1. The molecule has 84 valence electrons. The zero-order chi connectivity index (χ0) is 10.7. The van der Waals surface area contributed by atoms with Crippen LogP contribution in [0.25, 0.3) is 0 Å². The molecule has 0 fully saturated rings. The minimum absolute atomic E-state index is 0. The van der Waals surface area contributed by atoms with E-state index in [4.69, 9.17) is 5.73 Å². The molecule has 0 saturated heterocycles. The first-order valence-electron chi connectivity index (χ1n) is 4.66. The molecule has 1 aromatic rings. The van der Waals surface area contributed by atoms with Gasteiger partial charge in [0, 0.05) is 6.04 Å². The van der Waals surface area contributed by atoms with Crippen LogP contribution >= 0.6 is 12.4 Å². The molecule has 3 heteroatoms. The molecule has 1 aromatic carbocycles. The first-order chi connectivity index (χ1) is 6.50. The van der Waals surface area contributed by atoms with Gasteiger partial charge >= 0.3 is 0 Å². The summed E-state index contributed by atoms with van der Waals surface area (Å²) in [6.45, 7) is 7.49. The third-order valence-corrected chi connectivity index (χ3v) is 2.18. The van der Waals surface area contributed by atoms with Gasteiger partial charge in [-0.2, -0.15) is 0 Å². The maximum Gasteiger partial charge on any atom is 0.126 e. The molecule has 1 rings (SSSR count). The molecule has 1 atom stereocenters. The van der Waals surface area contributed by atoms with E-state index < -0.39 is 0 Å². The summed E-state index contributed by atoms with van der Waals surface area (Å²) in [4.78, 5) is 0. The Balaban J connectivity index is 0.00000196. The summed E-state index contributed by atoms with van der Waals surface area (Å²) in [5.74, 6) is -0.184. The summed E-state index contributed by atoms with van der Waals surface area (Å²) in [5.41, 5.74) is 8.58. The molecule has 0 aliphatic heterocycles. The van der Waals surface area contributed by atoms with Crippen LogP contribution in [0, 0.1) is 12.7 Å². The van der Waals surface area contributed by atoms with Gasteiger partial charge in [-0.15, -0.1) is 19.0 Å². The Morgan fingerprint density at radius 3 is 2.60 bits per heavy atom. The SMILES string of the molecule is C=C(C)C[C@@H](N)c1ccc(F)c(C)c1.Cl. The first-order valence-corrected chi connectivity index (χ1v) is 4.66. The number of benzene rings is 1. The van der Waals surface area contributed by atoms with Crippen molar-refractivity contribution in [3.63, 3.8) is 0 Å². The highest BCUT2D eigenvalue weighted by Gasteiger charge is 2.07. The summed E-state index contributed by atoms with van der Waals surface area (Å²) in [5, 5.41) is 0. The molecular formula is C12H17ClFN. The number of aryl methyl sites for hydroxylation is 1. The normalized spacial score (nSPS) is 11.7. The van der Waals surface area contributed by atoms with Crippen molar-refractivity contribution in [2.75, 3.05) is 0 Å². The van der Waals surface area contributed by atoms with E-state index in [0.717, 1.165) is 17.6 Å². The minimum atomic E-state index is -0.184. The minimum Gasteiger partial charge on any atom is -0.324 e. The van der Waals surface area contributed by atoms with E-state index in [9.17, 15) is 4.39 Å². The second-order valence-electron chi connectivity index (χ2n) is 3.78. The predicted molar refractivity (Wildman–Crippen MR) is 64.7 cm³/mol. The number of hydrogen-bond donors (Lipinski definition) is 1. The van der Waals surface area contributed by atoms with Crippen LogP contribution < -0.4 is 5.73 Å². The van der Waals surface area contributed by atoms with Gasteiger partial charge in [0.15, 0.2) is 0 Å². The Bertz CT molecular complexity index is 349. The van der Waals surface area contributed by atoms with Gasteiger partial charge in [0.2, 0.25) is 0 Å². The maximum absolute atomic E-state index is 13.0. The van der Waals surface area contributed by atoms with Crippen molar-refractivity contribution in [2.24, 2.45) is 5.73 Å². The molecule has 0 aliphatic rings. The zero-order valence-electron chi connectivity index (χ0n) is 9.09. The van der Waals surface area contributed by atoms with Crippen molar-refractivity contribution < 1.29 is 4.39 Å². The van der Waals surface area contributed by atoms with Gasteiger partial charge in [0.25, 0.3) is 0 Å². The van der Waals surface area contributed by atoms with Crippen molar-refractivity contribution in [3.8, 4) is 0 Å². The molecule has 2 N–H and O–H groups in total. The van der Waals surface area contributed by atoms with Crippen molar-refractivity contribution in [1.29, 1.82) is 0 Å². The third kappa shape index (κ3) is 4.02. The fourth-order valence-electron chi connectivity index (χ4n) is 1.39. The molecule has 0 aromatic heterocycles. The zero-order valence-corrected chi connectivity index (χ0v) is 9.90. The molecule has 0 aliphatic carbocycles. The fourth-order valence-corrected chi connectivity index (χ4v) is 1.39. The van der Waals surface area contributed by atoms with Crippen LogP contribution in [0.4, 0.5) is 4.39 Å². The van der Waals surface area contributed by atoms with E-state index in [1.807, 2.05) is 6.92 Å². The molecule has 0 spiro atoms. The van der Waals surface area contributed by atoms with E-state index in [1.165, 1.54) is 6.07 Å². The van der Waals surface area contributed by atoms with Crippen molar-refractivity contribution in [2.45, 2.75) is 26.3 Å². The van der Waals surface area contributed by atoms with Crippen LogP contribution in [0.15, 0.2) is 30.4 Å². The molecule has 0 unspecified atom stereocenters. The van der Waals surface area contributed by atoms with Crippen LogP contribution in [0.3, 0.4) is 0 Å². The largest absolute Gasteiger partial charge is 0.324 e. The van der Waals surface area contributed by atoms with Gasteiger partial charge in [0.1, 0.15) is 5.82 Å². The lowest BCUT2D eigenvalue weighted by Crippen LogP contribution is -2.10. The van der Waals surface area contributed by atoms with E-state index in [1.54, 1.807) is 19.1 Å². The van der Waals surface area contributed by atoms with Crippen LogP contribution in [0.5, 0.6) is 0 Å². The first kappa shape index (κ1) is 14.1. The number of nitrogens with two attached hydrogens (primary N) is 1. The maximum atomic E-state index is 13.0. The van der Waals surface area contributed by atoms with Crippen molar-refractivity contribution >= 4 is 12.4 Å². The highest BCUT2D eigenvalue weighted by atomic mass is 35.5. The smallest absolute Gasteiger partial charge is 0.126 e. The average molecular weight is 230 g/mol. The molecule has 1 nitrogen and oxygen atoms in total. The fraction of sp³-hybridized carbons (Fsp3) is 0.333. The van der Waals surface area contributed by atoms with Gasteiger partial charge in [0.05, 0.1) is 0 Å². The second-order valence-corrected chi connectivity index (χ2v) is 3.78. The Kier molecular flexibility index (Phi) is 5.55. The van der Waals surface area contributed by atoms with E-state index in [-0.39, 0.29) is 24.3 Å². The lowest BCUT2D eigenvalue weighted by molar-refractivity contribution is 0.614. The molecule has 0 bridgehead atoms. The lowest BCUT2D eigenvalue weighted by atomic mass is 9.99. The number of rotatable bonds is 3. The van der Waals surface area contributed by atoms with Gasteiger partial charge < -0.3 is 5.73 Å². The second kappa shape index (κ2) is 5.89. The van der Waals surface area contributed by atoms with Crippen LogP contribution in [-0.2, 0) is 0 Å². The summed E-state index contributed by atoms with van der Waals surface area (Å²) in [6.07, 6.45) is 0.741. The van der Waals surface area contributed by atoms with Gasteiger partial charge in [-0.1, -0.05) is 17.7 Å². The standard InChI is InChI=1S/C12H16FN.ClH/c1-8(2)6-12(14)10-4-5-11(13)9(3)7-10;/h4-5,7,12H,1,6,14H2,2-3H3;1H/t12-;/m1./s1. The summed E-state index contributed by atoms with van der Waals surface area (Å²) in [7, 11) is 0. The molecule has 0 saturated carbocycles. The van der Waals surface area contributed by atoms with E-state index in [2.05, 4.69) is 6.58 Å². The monoisotopic (exact) mass is 229 g/mol. The molecule has 0 heterocycles.